The molecule has 0 aromatic carbocycles. The monoisotopic (exact) mass is 589 g/mol. The number of nitrogens with one attached hydrogen (secondary N) is 1. The minimum absolute atomic E-state index is 0.0589. The molecular formula is C30H32FN7O3S. The van der Waals surface area contributed by atoms with Gasteiger partial charge in [0.1, 0.15) is 11.8 Å². The smallest absolute Gasteiger partial charge is 0.274 e. The Morgan fingerprint density at radius 2 is 1.98 bits per heavy atom. The molecule has 0 bridgehead atoms. The van der Waals surface area contributed by atoms with Gasteiger partial charge < -0.3 is 19.1 Å². The first-order chi connectivity index (χ1) is 20.4. The van der Waals surface area contributed by atoms with Crippen LogP contribution in [0.1, 0.15) is 60.4 Å². The topological polar surface area (TPSA) is 105 Å². The average Bonchev–Trinajstić information content (AvgIpc) is 3.75. The molecule has 10 nitrogen and oxygen atoms in total. The molecule has 2 fully saturated rings. The zero-order valence-corrected chi connectivity index (χ0v) is 24.1. The number of aromatic nitrogens is 4. The van der Waals surface area contributed by atoms with Crippen molar-refractivity contribution in [2.24, 2.45) is 0 Å². The van der Waals surface area contributed by atoms with E-state index in [9.17, 15) is 14.0 Å². The summed E-state index contributed by atoms with van der Waals surface area (Å²) in [5.41, 5.74) is 3.09. The molecule has 218 valence electrons. The predicted molar refractivity (Wildman–Crippen MR) is 157 cm³/mol. The van der Waals surface area contributed by atoms with Crippen LogP contribution in [0.4, 0.5) is 15.2 Å². The summed E-state index contributed by atoms with van der Waals surface area (Å²) in [6.07, 6.45) is 8.69. The second-order valence-electron chi connectivity index (χ2n) is 10.6. The number of hydrogen-bond acceptors (Lipinski definition) is 8. The summed E-state index contributed by atoms with van der Waals surface area (Å²) in [5, 5.41) is 5.45. The van der Waals surface area contributed by atoms with Crippen molar-refractivity contribution in [2.45, 2.75) is 51.3 Å². The van der Waals surface area contributed by atoms with Crippen molar-refractivity contribution < 1.29 is 18.7 Å². The highest BCUT2D eigenvalue weighted by Gasteiger charge is 2.29. The number of carbonyl (C=O) groups is 2. The highest BCUT2D eigenvalue weighted by Crippen LogP contribution is 2.37. The lowest BCUT2D eigenvalue weighted by atomic mass is 10.1. The number of hydrogen-bond donors (Lipinski definition) is 1. The van der Waals surface area contributed by atoms with Crippen LogP contribution < -0.4 is 15.0 Å². The number of nitrogens with zero attached hydrogens (tertiary/aromatic N) is 6. The Morgan fingerprint density at radius 3 is 2.74 bits per heavy atom. The Bertz CT molecular complexity index is 1550. The summed E-state index contributed by atoms with van der Waals surface area (Å²) < 4.78 is 21.4. The number of carbonyl (C=O) groups excluding carboxylic acids is 2. The SMILES string of the molecule is CC(=O)N1CCC(Oc2ccc(N3CCCC3c3csc(NC(=O)c4cccn4Cc4ccnc(F)c4)n3)cn2)CC1. The Hall–Kier alpha value is -4.32. The number of pyridine rings is 2. The van der Waals surface area contributed by atoms with Crippen LogP contribution in [-0.2, 0) is 11.3 Å². The first-order valence-electron chi connectivity index (χ1n) is 14.1. The van der Waals surface area contributed by atoms with E-state index in [1.807, 2.05) is 28.6 Å². The Labute approximate surface area is 247 Å². The van der Waals surface area contributed by atoms with Crippen molar-refractivity contribution in [1.82, 2.24) is 24.4 Å². The summed E-state index contributed by atoms with van der Waals surface area (Å²) in [7, 11) is 0. The molecule has 2 aliphatic heterocycles. The van der Waals surface area contributed by atoms with Crippen molar-refractivity contribution in [3.05, 3.63) is 83.3 Å². The fraction of sp³-hybridized carbons (Fsp3) is 0.367. The van der Waals surface area contributed by atoms with E-state index in [2.05, 4.69) is 20.2 Å². The highest BCUT2D eigenvalue weighted by atomic mass is 32.1. The van der Waals surface area contributed by atoms with Gasteiger partial charge in [-0.2, -0.15) is 4.39 Å². The van der Waals surface area contributed by atoms with E-state index >= 15 is 0 Å². The fourth-order valence-corrected chi connectivity index (χ4v) is 6.36. The van der Waals surface area contributed by atoms with Crippen molar-refractivity contribution >= 4 is 34.0 Å². The molecule has 0 spiro atoms. The number of thiazole rings is 1. The molecule has 2 saturated heterocycles. The third-order valence-electron chi connectivity index (χ3n) is 7.77. The number of anilines is 2. The van der Waals surface area contributed by atoms with Gasteiger partial charge >= 0.3 is 0 Å². The van der Waals surface area contributed by atoms with Crippen LogP contribution in [0.5, 0.6) is 5.88 Å². The van der Waals surface area contributed by atoms with E-state index in [1.54, 1.807) is 35.9 Å². The average molecular weight is 590 g/mol. The molecule has 1 unspecified atom stereocenters. The van der Waals surface area contributed by atoms with E-state index in [0.29, 0.717) is 36.3 Å². The van der Waals surface area contributed by atoms with Crippen molar-refractivity contribution in [1.29, 1.82) is 0 Å². The summed E-state index contributed by atoms with van der Waals surface area (Å²) in [6.45, 7) is 4.27. The molecule has 12 heteroatoms. The van der Waals surface area contributed by atoms with Gasteiger partial charge in [0.15, 0.2) is 5.13 Å². The zero-order chi connectivity index (χ0) is 29.1. The third kappa shape index (κ3) is 6.28. The number of likely N-dealkylation sites (tertiary alicyclic amines) is 1. The van der Waals surface area contributed by atoms with Crippen molar-refractivity contribution in [2.75, 3.05) is 29.9 Å². The van der Waals surface area contributed by atoms with Gasteiger partial charge in [0, 0.05) is 69.8 Å². The van der Waals surface area contributed by atoms with Crippen LogP contribution in [0, 0.1) is 5.95 Å². The maximum Gasteiger partial charge on any atom is 0.274 e. The van der Waals surface area contributed by atoms with Crippen LogP contribution >= 0.6 is 11.3 Å². The van der Waals surface area contributed by atoms with Crippen molar-refractivity contribution in [3.63, 3.8) is 0 Å². The van der Waals surface area contributed by atoms with E-state index in [-0.39, 0.29) is 24.0 Å². The van der Waals surface area contributed by atoms with Gasteiger partial charge in [-0.25, -0.2) is 15.0 Å². The molecule has 6 heterocycles. The van der Waals surface area contributed by atoms with E-state index < -0.39 is 5.95 Å². The first-order valence-corrected chi connectivity index (χ1v) is 15.0. The van der Waals surface area contributed by atoms with Crippen LogP contribution in [0.15, 0.2) is 60.4 Å². The number of piperidine rings is 1. The lowest BCUT2D eigenvalue weighted by Gasteiger charge is -2.31. The molecule has 42 heavy (non-hydrogen) atoms. The number of rotatable bonds is 8. The van der Waals surface area contributed by atoms with Crippen LogP contribution in [0.25, 0.3) is 0 Å². The summed E-state index contributed by atoms with van der Waals surface area (Å²) in [6, 6.07) is 10.6. The standard InChI is InChI=1S/C30H32FN7O3S/c1-20(39)36-14-9-23(10-15-36)41-28-7-6-22(17-33-28)38-13-3-4-25(38)24-19-42-30(34-24)35-29(40)26-5-2-12-37(26)18-21-8-11-32-27(31)16-21/h2,5-8,11-12,16-17,19,23,25H,3-4,9-10,13-15,18H2,1H3,(H,34,35,40). The summed E-state index contributed by atoms with van der Waals surface area (Å²) in [4.78, 5) is 41.7. The van der Waals surface area contributed by atoms with Crippen LogP contribution in [0.2, 0.25) is 0 Å². The van der Waals surface area contributed by atoms with Crippen LogP contribution in [-0.4, -0.2) is 62.0 Å². The van der Waals surface area contributed by atoms with Gasteiger partial charge in [-0.05, 0) is 48.7 Å². The molecule has 4 aromatic rings. The molecule has 0 saturated carbocycles. The molecular weight excluding hydrogens is 557 g/mol. The van der Waals surface area contributed by atoms with Gasteiger partial charge in [-0.1, -0.05) is 0 Å². The molecule has 6 rings (SSSR count). The van der Waals surface area contributed by atoms with Gasteiger partial charge in [0.05, 0.1) is 23.6 Å². The second kappa shape index (κ2) is 12.3. The highest BCUT2D eigenvalue weighted by molar-refractivity contribution is 7.14. The van der Waals surface area contributed by atoms with E-state index in [4.69, 9.17) is 9.72 Å². The predicted octanol–water partition coefficient (Wildman–Crippen LogP) is 4.91. The van der Waals surface area contributed by atoms with E-state index in [1.165, 1.54) is 23.6 Å². The Morgan fingerprint density at radius 1 is 1.12 bits per heavy atom. The molecule has 0 aliphatic carbocycles. The third-order valence-corrected chi connectivity index (χ3v) is 8.55. The molecule has 2 aliphatic rings. The van der Waals surface area contributed by atoms with Gasteiger partial charge in [-0.15, -0.1) is 11.3 Å². The molecule has 2 amide bonds. The van der Waals surface area contributed by atoms with E-state index in [0.717, 1.165) is 49.2 Å². The minimum Gasteiger partial charge on any atom is -0.474 e. The summed E-state index contributed by atoms with van der Waals surface area (Å²) in [5.74, 6) is -0.125. The van der Waals surface area contributed by atoms with Gasteiger partial charge in [0.25, 0.3) is 5.91 Å². The van der Waals surface area contributed by atoms with Crippen molar-refractivity contribution in [3.8, 4) is 5.88 Å². The van der Waals surface area contributed by atoms with Crippen LogP contribution in [0.3, 0.4) is 0 Å². The molecule has 1 atom stereocenters. The maximum atomic E-state index is 13.5. The zero-order valence-electron chi connectivity index (χ0n) is 23.3. The lowest BCUT2D eigenvalue weighted by molar-refractivity contribution is -0.130. The second-order valence-corrected chi connectivity index (χ2v) is 11.4. The largest absolute Gasteiger partial charge is 0.474 e. The molecule has 4 aromatic heterocycles. The number of amides is 2. The lowest BCUT2D eigenvalue weighted by Crippen LogP contribution is -2.40. The number of halogens is 1. The Balaban J connectivity index is 1.07. The first kappa shape index (κ1) is 27.8. The van der Waals surface area contributed by atoms with Gasteiger partial charge in [-0.3, -0.25) is 14.9 Å². The number of ether oxygens (including phenoxy) is 1. The normalized spacial score (nSPS) is 17.4. The minimum atomic E-state index is -0.551. The molecule has 0 radical (unpaired) electrons. The fourth-order valence-electron chi connectivity index (χ4n) is 5.61. The summed E-state index contributed by atoms with van der Waals surface area (Å²) >= 11 is 1.40. The quantitative estimate of drug-likeness (QED) is 0.291. The van der Waals surface area contributed by atoms with Gasteiger partial charge in [0.2, 0.25) is 17.7 Å². The molecule has 1 N–H and O–H groups in total. The maximum absolute atomic E-state index is 13.5. The Kier molecular flexibility index (Phi) is 8.13.